The first kappa shape index (κ1) is 15.8. The van der Waals surface area contributed by atoms with Crippen molar-refractivity contribution in [1.29, 1.82) is 0 Å². The highest BCUT2D eigenvalue weighted by Crippen LogP contribution is 2.37. The molecule has 1 heterocycles. The van der Waals surface area contributed by atoms with Crippen molar-refractivity contribution < 1.29 is 5.11 Å². The fourth-order valence-electron chi connectivity index (χ4n) is 3.47. The maximum atomic E-state index is 9.87. The third-order valence-electron chi connectivity index (χ3n) is 4.30. The van der Waals surface area contributed by atoms with Gasteiger partial charge in [0.1, 0.15) is 0 Å². The smallest absolute Gasteiger partial charge is 0.0844 e. The lowest BCUT2D eigenvalue weighted by Crippen LogP contribution is -2.54. The number of aromatic nitrogens is 2. The van der Waals surface area contributed by atoms with Crippen LogP contribution in [0.3, 0.4) is 0 Å². The normalized spacial score (nSPS) is 27.2. The lowest BCUT2D eigenvalue weighted by atomic mass is 9.79. The maximum absolute atomic E-state index is 9.87. The Morgan fingerprint density at radius 2 is 2.20 bits per heavy atom. The number of aliphatic hydroxyl groups is 1. The lowest BCUT2D eigenvalue weighted by Gasteiger charge is -2.42. The summed E-state index contributed by atoms with van der Waals surface area (Å²) in [6.45, 7) is 8.39. The van der Waals surface area contributed by atoms with Crippen molar-refractivity contribution in [3.8, 4) is 0 Å². The zero-order chi connectivity index (χ0) is 14.9. The summed E-state index contributed by atoms with van der Waals surface area (Å²) < 4.78 is 2.06. The molecule has 0 bridgehead atoms. The van der Waals surface area contributed by atoms with Crippen molar-refractivity contribution in [2.45, 2.75) is 71.0 Å². The van der Waals surface area contributed by atoms with Crippen LogP contribution in [0.5, 0.6) is 0 Å². The Balaban J connectivity index is 2.23. The van der Waals surface area contributed by atoms with Crippen molar-refractivity contribution in [3.05, 3.63) is 16.4 Å². The number of hydrogen-bond donors (Lipinski definition) is 2. The van der Waals surface area contributed by atoms with E-state index in [0.717, 1.165) is 42.1 Å². The van der Waals surface area contributed by atoms with Gasteiger partial charge < -0.3 is 10.4 Å². The van der Waals surface area contributed by atoms with E-state index in [1.54, 1.807) is 0 Å². The average Bonchev–Trinajstić information content (AvgIpc) is 2.66. The summed E-state index contributed by atoms with van der Waals surface area (Å²) in [5, 5.41) is 18.8. The number of nitrogens with one attached hydrogen (secondary N) is 1. The Bertz CT molecular complexity index is 472. The largest absolute Gasteiger partial charge is 0.394 e. The Hall–Kier alpha value is -0.580. The quantitative estimate of drug-likeness (QED) is 0.898. The molecule has 0 saturated heterocycles. The molecule has 0 aliphatic heterocycles. The van der Waals surface area contributed by atoms with E-state index in [1.807, 2.05) is 13.8 Å². The molecule has 1 aliphatic carbocycles. The molecule has 1 fully saturated rings. The van der Waals surface area contributed by atoms with Crippen LogP contribution in [0.2, 0.25) is 5.02 Å². The molecule has 2 unspecified atom stereocenters. The van der Waals surface area contributed by atoms with Crippen molar-refractivity contribution in [2.75, 3.05) is 6.61 Å². The summed E-state index contributed by atoms with van der Waals surface area (Å²) >= 11 is 6.26. The van der Waals surface area contributed by atoms with E-state index in [0.29, 0.717) is 12.1 Å². The van der Waals surface area contributed by atoms with E-state index in [-0.39, 0.29) is 12.1 Å². The summed E-state index contributed by atoms with van der Waals surface area (Å²) in [4.78, 5) is 0. The highest BCUT2D eigenvalue weighted by atomic mass is 35.5. The van der Waals surface area contributed by atoms with Crippen LogP contribution in [-0.2, 0) is 0 Å². The summed E-state index contributed by atoms with van der Waals surface area (Å²) in [5.41, 5.74) is 1.74. The number of aryl methyl sites for hydroxylation is 1. The van der Waals surface area contributed by atoms with Gasteiger partial charge in [0.05, 0.1) is 29.1 Å². The standard InChI is InChI=1S/C15H26ClN3O/c1-10(2)17-15(9-20)7-5-6-13(8-15)19-12(4)14(16)11(3)18-19/h10,13,17,20H,5-9H2,1-4H3. The summed E-state index contributed by atoms with van der Waals surface area (Å²) in [7, 11) is 0. The zero-order valence-corrected chi connectivity index (χ0v) is 13.7. The molecule has 1 aromatic rings. The molecule has 20 heavy (non-hydrogen) atoms. The zero-order valence-electron chi connectivity index (χ0n) is 12.9. The highest BCUT2D eigenvalue weighted by Gasteiger charge is 2.37. The second-order valence-corrected chi connectivity index (χ2v) is 6.79. The minimum absolute atomic E-state index is 0.175. The molecule has 1 saturated carbocycles. The molecule has 0 amide bonds. The molecular formula is C15H26ClN3O. The fourth-order valence-corrected chi connectivity index (χ4v) is 3.60. The number of nitrogens with zero attached hydrogens (tertiary/aromatic N) is 2. The van der Waals surface area contributed by atoms with E-state index in [2.05, 4.69) is 28.9 Å². The van der Waals surface area contributed by atoms with E-state index < -0.39 is 0 Å². The monoisotopic (exact) mass is 299 g/mol. The van der Waals surface area contributed by atoms with Crippen LogP contribution >= 0.6 is 11.6 Å². The first-order valence-electron chi connectivity index (χ1n) is 7.48. The van der Waals surface area contributed by atoms with Crippen molar-refractivity contribution in [2.24, 2.45) is 0 Å². The molecule has 2 rings (SSSR count). The Labute approximate surface area is 126 Å². The third-order valence-corrected chi connectivity index (χ3v) is 4.85. The highest BCUT2D eigenvalue weighted by molar-refractivity contribution is 6.31. The Morgan fingerprint density at radius 1 is 1.50 bits per heavy atom. The Kier molecular flexibility index (Phi) is 4.77. The predicted molar refractivity (Wildman–Crippen MR) is 82.3 cm³/mol. The van der Waals surface area contributed by atoms with E-state index in [9.17, 15) is 5.11 Å². The Morgan fingerprint density at radius 3 is 2.70 bits per heavy atom. The molecule has 114 valence electrons. The first-order chi connectivity index (χ1) is 9.38. The minimum atomic E-state index is -0.185. The number of rotatable bonds is 4. The third kappa shape index (κ3) is 3.02. The average molecular weight is 300 g/mol. The van der Waals surface area contributed by atoms with Crippen molar-refractivity contribution in [1.82, 2.24) is 15.1 Å². The summed E-state index contributed by atoms with van der Waals surface area (Å²) in [6, 6.07) is 0.679. The second-order valence-electron chi connectivity index (χ2n) is 6.42. The van der Waals surface area contributed by atoms with Crippen molar-refractivity contribution in [3.63, 3.8) is 0 Å². The molecule has 0 spiro atoms. The van der Waals surface area contributed by atoms with Gasteiger partial charge in [0.15, 0.2) is 0 Å². The predicted octanol–water partition coefficient (Wildman–Crippen LogP) is 3.00. The van der Waals surface area contributed by atoms with Gasteiger partial charge in [-0.25, -0.2) is 0 Å². The molecule has 1 aliphatic rings. The fraction of sp³-hybridized carbons (Fsp3) is 0.800. The van der Waals surface area contributed by atoms with Crippen LogP contribution in [0.1, 0.15) is 57.0 Å². The van der Waals surface area contributed by atoms with Crippen LogP contribution in [-0.4, -0.2) is 33.1 Å². The SMILES string of the molecule is Cc1nn(C2CCCC(CO)(NC(C)C)C2)c(C)c1Cl. The van der Waals surface area contributed by atoms with Crippen molar-refractivity contribution >= 4 is 11.6 Å². The second kappa shape index (κ2) is 6.04. The number of halogens is 1. The van der Waals surface area contributed by atoms with Gasteiger partial charge in [-0.15, -0.1) is 0 Å². The summed E-state index contributed by atoms with van der Waals surface area (Å²) in [5.74, 6) is 0. The molecule has 0 radical (unpaired) electrons. The van der Waals surface area contributed by atoms with Gasteiger partial charge in [-0.3, -0.25) is 4.68 Å². The number of hydrogen-bond acceptors (Lipinski definition) is 3. The molecule has 0 aromatic carbocycles. The molecular weight excluding hydrogens is 274 g/mol. The first-order valence-corrected chi connectivity index (χ1v) is 7.86. The van der Waals surface area contributed by atoms with Crippen LogP contribution < -0.4 is 5.32 Å². The molecule has 4 nitrogen and oxygen atoms in total. The van der Waals surface area contributed by atoms with Gasteiger partial charge in [0.2, 0.25) is 0 Å². The number of aliphatic hydroxyl groups excluding tert-OH is 1. The van der Waals surface area contributed by atoms with E-state index in [4.69, 9.17) is 11.6 Å². The maximum Gasteiger partial charge on any atom is 0.0844 e. The van der Waals surface area contributed by atoms with Gasteiger partial charge in [-0.2, -0.15) is 5.10 Å². The van der Waals surface area contributed by atoms with Crippen LogP contribution in [0.25, 0.3) is 0 Å². The van der Waals surface area contributed by atoms with Gasteiger partial charge in [0.25, 0.3) is 0 Å². The van der Waals surface area contributed by atoms with E-state index >= 15 is 0 Å². The molecule has 2 N–H and O–H groups in total. The topological polar surface area (TPSA) is 50.1 Å². The summed E-state index contributed by atoms with van der Waals surface area (Å²) in [6.07, 6.45) is 4.12. The van der Waals surface area contributed by atoms with E-state index in [1.165, 1.54) is 0 Å². The molecule has 5 heteroatoms. The van der Waals surface area contributed by atoms with Gasteiger partial charge in [-0.05, 0) is 39.5 Å². The molecule has 2 atom stereocenters. The molecule has 1 aromatic heterocycles. The minimum Gasteiger partial charge on any atom is -0.394 e. The van der Waals surface area contributed by atoms with Gasteiger partial charge >= 0.3 is 0 Å². The van der Waals surface area contributed by atoms with Crippen LogP contribution in [0.4, 0.5) is 0 Å². The van der Waals surface area contributed by atoms with Gasteiger partial charge in [-0.1, -0.05) is 25.4 Å². The van der Waals surface area contributed by atoms with Crippen LogP contribution in [0, 0.1) is 13.8 Å². The van der Waals surface area contributed by atoms with Crippen LogP contribution in [0.15, 0.2) is 0 Å². The lowest BCUT2D eigenvalue weighted by molar-refractivity contribution is 0.0867. The van der Waals surface area contributed by atoms with Gasteiger partial charge in [0, 0.05) is 11.6 Å².